The number of hydrogen-bond acceptors (Lipinski definition) is 3. The van der Waals surface area contributed by atoms with Crippen LogP contribution in [0.25, 0.3) is 0 Å². The van der Waals surface area contributed by atoms with Crippen molar-refractivity contribution in [2.24, 2.45) is 5.41 Å². The van der Waals surface area contributed by atoms with Gasteiger partial charge in [-0.3, -0.25) is 4.79 Å². The molecule has 1 heterocycles. The standard InChI is InChI=1S/C13H22N2O3/c1-2-12(7-8-14-9-12)10(16)15-13(11(17)18)5-3-4-6-13/h14H,2-9H2,1H3,(H,15,16)(H,17,18). The number of rotatable bonds is 4. The first kappa shape index (κ1) is 13.3. The molecule has 0 radical (unpaired) electrons. The predicted octanol–water partition coefficient (Wildman–Crippen LogP) is 0.890. The minimum absolute atomic E-state index is 0.0840. The Bertz CT molecular complexity index is 342. The number of carboxylic acids is 1. The lowest BCUT2D eigenvalue weighted by molar-refractivity contribution is -0.149. The van der Waals surface area contributed by atoms with E-state index >= 15 is 0 Å². The zero-order valence-electron chi connectivity index (χ0n) is 10.9. The largest absolute Gasteiger partial charge is 0.480 e. The van der Waals surface area contributed by atoms with Crippen molar-refractivity contribution in [1.29, 1.82) is 0 Å². The van der Waals surface area contributed by atoms with E-state index in [0.29, 0.717) is 19.4 Å². The number of carbonyl (C=O) groups excluding carboxylic acids is 1. The molecule has 18 heavy (non-hydrogen) atoms. The maximum absolute atomic E-state index is 12.4. The van der Waals surface area contributed by atoms with Crippen LogP contribution in [-0.4, -0.2) is 35.6 Å². The second-order valence-corrected chi connectivity index (χ2v) is 5.61. The molecule has 1 atom stereocenters. The van der Waals surface area contributed by atoms with Crippen LogP contribution in [0.5, 0.6) is 0 Å². The van der Waals surface area contributed by atoms with Crippen LogP contribution in [0, 0.1) is 5.41 Å². The molecule has 0 bridgehead atoms. The molecule has 2 fully saturated rings. The first-order valence-corrected chi connectivity index (χ1v) is 6.81. The van der Waals surface area contributed by atoms with Crippen LogP contribution in [-0.2, 0) is 9.59 Å². The zero-order chi connectivity index (χ0) is 13.2. The lowest BCUT2D eigenvalue weighted by Gasteiger charge is -2.32. The van der Waals surface area contributed by atoms with E-state index in [1.165, 1.54) is 0 Å². The van der Waals surface area contributed by atoms with Gasteiger partial charge in [-0.05, 0) is 32.2 Å². The van der Waals surface area contributed by atoms with Crippen molar-refractivity contribution in [3.63, 3.8) is 0 Å². The molecule has 1 aliphatic heterocycles. The molecule has 5 nitrogen and oxygen atoms in total. The van der Waals surface area contributed by atoms with Crippen molar-refractivity contribution in [1.82, 2.24) is 10.6 Å². The molecule has 3 N–H and O–H groups in total. The molecule has 0 spiro atoms. The molecule has 2 aliphatic rings. The number of hydrogen-bond donors (Lipinski definition) is 3. The van der Waals surface area contributed by atoms with E-state index in [1.807, 2.05) is 6.92 Å². The van der Waals surface area contributed by atoms with Crippen molar-refractivity contribution < 1.29 is 14.7 Å². The summed E-state index contributed by atoms with van der Waals surface area (Å²) in [5, 5.41) is 15.4. The third-order valence-electron chi connectivity index (χ3n) is 4.62. The molecule has 0 aromatic carbocycles. The average molecular weight is 254 g/mol. The molecule has 0 aromatic rings. The molecular formula is C13H22N2O3. The van der Waals surface area contributed by atoms with Gasteiger partial charge in [-0.1, -0.05) is 19.8 Å². The SMILES string of the molecule is CCC1(C(=O)NC2(C(=O)O)CCCC2)CCNC1. The molecule has 1 amide bonds. The van der Waals surface area contributed by atoms with Crippen molar-refractivity contribution in [2.75, 3.05) is 13.1 Å². The lowest BCUT2D eigenvalue weighted by atomic mass is 9.82. The third-order valence-corrected chi connectivity index (χ3v) is 4.62. The smallest absolute Gasteiger partial charge is 0.329 e. The van der Waals surface area contributed by atoms with E-state index in [9.17, 15) is 14.7 Å². The first-order valence-electron chi connectivity index (χ1n) is 6.81. The average Bonchev–Trinajstić information content (AvgIpc) is 2.98. The summed E-state index contributed by atoms with van der Waals surface area (Å²) in [5.74, 6) is -0.968. The van der Waals surface area contributed by atoms with Crippen molar-refractivity contribution >= 4 is 11.9 Å². The monoisotopic (exact) mass is 254 g/mol. The predicted molar refractivity (Wildman–Crippen MR) is 67.2 cm³/mol. The number of aliphatic carboxylic acids is 1. The number of carboxylic acid groups (broad SMARTS) is 1. The highest BCUT2D eigenvalue weighted by molar-refractivity contribution is 5.90. The molecule has 1 saturated carbocycles. The molecule has 1 aliphatic carbocycles. The number of amides is 1. The number of nitrogens with one attached hydrogen (secondary N) is 2. The van der Waals surface area contributed by atoms with Crippen LogP contribution in [0.3, 0.4) is 0 Å². The van der Waals surface area contributed by atoms with E-state index < -0.39 is 16.9 Å². The van der Waals surface area contributed by atoms with Crippen LogP contribution in [0.1, 0.15) is 45.4 Å². The van der Waals surface area contributed by atoms with Crippen LogP contribution in [0.4, 0.5) is 0 Å². The summed E-state index contributed by atoms with van der Waals surface area (Å²) in [5.41, 5.74) is -1.42. The Balaban J connectivity index is 2.12. The highest BCUT2D eigenvalue weighted by Crippen LogP contribution is 2.34. The van der Waals surface area contributed by atoms with E-state index in [-0.39, 0.29) is 5.91 Å². The minimum atomic E-state index is -1.01. The minimum Gasteiger partial charge on any atom is -0.480 e. The van der Waals surface area contributed by atoms with Gasteiger partial charge in [-0.2, -0.15) is 0 Å². The summed E-state index contributed by atoms with van der Waals surface area (Å²) < 4.78 is 0. The Kier molecular flexibility index (Phi) is 3.61. The summed E-state index contributed by atoms with van der Waals surface area (Å²) in [7, 11) is 0. The fraction of sp³-hybridized carbons (Fsp3) is 0.846. The number of carbonyl (C=O) groups is 2. The normalized spacial score (nSPS) is 30.3. The lowest BCUT2D eigenvalue weighted by Crippen LogP contribution is -2.57. The quantitative estimate of drug-likeness (QED) is 0.696. The van der Waals surface area contributed by atoms with E-state index in [4.69, 9.17) is 0 Å². The Morgan fingerprint density at radius 3 is 2.39 bits per heavy atom. The third kappa shape index (κ3) is 2.11. The van der Waals surface area contributed by atoms with E-state index in [2.05, 4.69) is 10.6 Å². The molecule has 5 heteroatoms. The maximum Gasteiger partial charge on any atom is 0.329 e. The Labute approximate surface area is 107 Å². The zero-order valence-corrected chi connectivity index (χ0v) is 10.9. The van der Waals surface area contributed by atoms with Crippen LogP contribution >= 0.6 is 0 Å². The van der Waals surface area contributed by atoms with Gasteiger partial charge in [-0.15, -0.1) is 0 Å². The first-order chi connectivity index (χ1) is 8.55. The highest BCUT2D eigenvalue weighted by Gasteiger charge is 2.47. The van der Waals surface area contributed by atoms with Gasteiger partial charge in [-0.25, -0.2) is 4.79 Å². The Morgan fingerprint density at radius 1 is 1.28 bits per heavy atom. The van der Waals surface area contributed by atoms with Gasteiger partial charge < -0.3 is 15.7 Å². The van der Waals surface area contributed by atoms with Crippen LogP contribution in [0.15, 0.2) is 0 Å². The summed E-state index contributed by atoms with van der Waals surface area (Å²) in [6.45, 7) is 3.49. The fourth-order valence-electron chi connectivity index (χ4n) is 3.12. The fourth-order valence-corrected chi connectivity index (χ4v) is 3.12. The topological polar surface area (TPSA) is 78.4 Å². The molecular weight excluding hydrogens is 232 g/mol. The van der Waals surface area contributed by atoms with Gasteiger partial charge in [0.25, 0.3) is 0 Å². The summed E-state index contributed by atoms with van der Waals surface area (Å²) in [6, 6.07) is 0. The van der Waals surface area contributed by atoms with Crippen LogP contribution < -0.4 is 10.6 Å². The van der Waals surface area contributed by atoms with Crippen molar-refractivity contribution in [3.05, 3.63) is 0 Å². The second-order valence-electron chi connectivity index (χ2n) is 5.61. The highest BCUT2D eigenvalue weighted by atomic mass is 16.4. The van der Waals surface area contributed by atoms with Gasteiger partial charge in [0.2, 0.25) is 5.91 Å². The van der Waals surface area contributed by atoms with Gasteiger partial charge in [0.15, 0.2) is 0 Å². The van der Waals surface area contributed by atoms with Gasteiger partial charge in [0.1, 0.15) is 5.54 Å². The van der Waals surface area contributed by atoms with Crippen LogP contribution in [0.2, 0.25) is 0 Å². The van der Waals surface area contributed by atoms with Crippen molar-refractivity contribution in [2.45, 2.75) is 51.0 Å². The summed E-state index contributed by atoms with van der Waals surface area (Å²) >= 11 is 0. The Morgan fingerprint density at radius 2 is 1.94 bits per heavy atom. The van der Waals surface area contributed by atoms with E-state index in [0.717, 1.165) is 32.2 Å². The molecule has 1 saturated heterocycles. The maximum atomic E-state index is 12.4. The van der Waals surface area contributed by atoms with E-state index in [1.54, 1.807) is 0 Å². The van der Waals surface area contributed by atoms with Gasteiger partial charge in [0.05, 0.1) is 5.41 Å². The van der Waals surface area contributed by atoms with Gasteiger partial charge in [0, 0.05) is 6.54 Å². The van der Waals surface area contributed by atoms with Crippen molar-refractivity contribution in [3.8, 4) is 0 Å². The molecule has 0 aromatic heterocycles. The second kappa shape index (κ2) is 4.88. The molecule has 2 rings (SSSR count). The summed E-state index contributed by atoms with van der Waals surface area (Å²) in [6.07, 6.45) is 4.42. The summed E-state index contributed by atoms with van der Waals surface area (Å²) in [4.78, 5) is 23.9. The molecule has 1 unspecified atom stereocenters. The molecule has 102 valence electrons. The van der Waals surface area contributed by atoms with Gasteiger partial charge >= 0.3 is 5.97 Å². The Hall–Kier alpha value is -1.10.